The number of alkyl halides is 6. The first-order valence-corrected chi connectivity index (χ1v) is 8.59. The van der Waals surface area contributed by atoms with Crippen LogP contribution < -0.4 is 0 Å². The van der Waals surface area contributed by atoms with Crippen molar-refractivity contribution in [2.24, 2.45) is 0 Å². The lowest BCUT2D eigenvalue weighted by Gasteiger charge is -2.27. The average Bonchev–Trinajstić information content (AvgIpc) is 2.52. The van der Waals surface area contributed by atoms with E-state index in [-0.39, 0.29) is 12.3 Å². The van der Waals surface area contributed by atoms with E-state index in [9.17, 15) is 26.3 Å². The lowest BCUT2D eigenvalue weighted by atomic mass is 9.78. The third-order valence-corrected chi connectivity index (χ3v) is 4.65. The summed E-state index contributed by atoms with van der Waals surface area (Å²) in [5.41, 5.74) is -0.335. The highest BCUT2D eigenvalue weighted by Gasteiger charge is 2.33. The molecule has 2 rings (SSSR count). The van der Waals surface area contributed by atoms with Crippen molar-refractivity contribution in [2.75, 3.05) is 0 Å². The maximum Gasteiger partial charge on any atom is 0.416 e. The molecule has 0 fully saturated rings. The predicted octanol–water partition coefficient (Wildman–Crippen LogP) is 7.37. The Labute approximate surface area is 155 Å². The van der Waals surface area contributed by atoms with Crippen LogP contribution in [0.5, 0.6) is 0 Å². The van der Waals surface area contributed by atoms with Crippen LogP contribution in [0.25, 0.3) is 0 Å². The number of hydrogen-bond acceptors (Lipinski definition) is 0. The zero-order chi connectivity index (χ0) is 20.6. The van der Waals surface area contributed by atoms with Crippen LogP contribution in [-0.2, 0) is 24.2 Å². The minimum Gasteiger partial charge on any atom is -0.166 e. The average molecular weight is 388 g/mol. The van der Waals surface area contributed by atoms with Crippen molar-refractivity contribution >= 4 is 0 Å². The number of rotatable bonds is 4. The number of benzene rings is 2. The van der Waals surface area contributed by atoms with Crippen LogP contribution >= 0.6 is 0 Å². The van der Waals surface area contributed by atoms with Gasteiger partial charge in [0.05, 0.1) is 11.1 Å². The molecule has 0 aliphatic carbocycles. The molecule has 0 bridgehead atoms. The lowest BCUT2D eigenvalue weighted by Crippen LogP contribution is -2.21. The molecule has 0 aromatic heterocycles. The fourth-order valence-corrected chi connectivity index (χ4v) is 3.04. The van der Waals surface area contributed by atoms with Crippen LogP contribution in [0.4, 0.5) is 26.3 Å². The van der Waals surface area contributed by atoms with Crippen molar-refractivity contribution in [1.82, 2.24) is 0 Å². The normalized spacial score (nSPS) is 13.3. The van der Waals surface area contributed by atoms with Gasteiger partial charge in [-0.3, -0.25) is 0 Å². The molecule has 2 aromatic carbocycles. The summed E-state index contributed by atoms with van der Waals surface area (Å²) < 4.78 is 77.8. The van der Waals surface area contributed by atoms with Crippen molar-refractivity contribution in [1.29, 1.82) is 0 Å². The molecule has 6 heteroatoms. The second-order valence-corrected chi connectivity index (χ2v) is 7.75. The van der Waals surface area contributed by atoms with E-state index in [0.717, 1.165) is 24.3 Å². The molecule has 0 saturated heterocycles. The SMILES string of the molecule is CC(C)c1cc(CC(C)(C)c2ccc(C(F)(F)F)cc2)cc(C(F)(F)F)c1. The van der Waals surface area contributed by atoms with E-state index < -0.39 is 28.9 Å². The Balaban J connectivity index is 2.38. The summed E-state index contributed by atoms with van der Waals surface area (Å²) in [6.45, 7) is 7.26. The molecule has 0 amide bonds. The van der Waals surface area contributed by atoms with Gasteiger partial charge in [0.15, 0.2) is 0 Å². The quantitative estimate of drug-likeness (QED) is 0.480. The Morgan fingerprint density at radius 1 is 0.704 bits per heavy atom. The minimum absolute atomic E-state index is 0.0692. The van der Waals surface area contributed by atoms with Gasteiger partial charge in [0.25, 0.3) is 0 Å². The Kier molecular flexibility index (Phi) is 5.69. The molecule has 0 saturated carbocycles. The first-order chi connectivity index (χ1) is 12.2. The lowest BCUT2D eigenvalue weighted by molar-refractivity contribution is -0.138. The fraction of sp³-hybridized carbons (Fsp3) is 0.429. The Morgan fingerprint density at radius 3 is 1.63 bits per heavy atom. The molecular formula is C21H22F6. The summed E-state index contributed by atoms with van der Waals surface area (Å²) in [4.78, 5) is 0. The van der Waals surface area contributed by atoms with Crippen LogP contribution in [0, 0.1) is 0 Å². The highest BCUT2D eigenvalue weighted by atomic mass is 19.4. The molecule has 27 heavy (non-hydrogen) atoms. The monoisotopic (exact) mass is 388 g/mol. The molecule has 0 aliphatic rings. The number of hydrogen-bond donors (Lipinski definition) is 0. The highest BCUT2D eigenvalue weighted by molar-refractivity contribution is 5.37. The van der Waals surface area contributed by atoms with Crippen LogP contribution in [-0.4, -0.2) is 0 Å². The van der Waals surface area contributed by atoms with E-state index in [2.05, 4.69) is 0 Å². The summed E-state index contributed by atoms with van der Waals surface area (Å²) in [5, 5.41) is 0. The van der Waals surface area contributed by atoms with Crippen molar-refractivity contribution < 1.29 is 26.3 Å². The van der Waals surface area contributed by atoms with E-state index in [0.29, 0.717) is 16.7 Å². The zero-order valence-electron chi connectivity index (χ0n) is 15.6. The smallest absolute Gasteiger partial charge is 0.166 e. The summed E-state index contributed by atoms with van der Waals surface area (Å²) in [6, 6.07) is 8.80. The number of halogens is 6. The van der Waals surface area contributed by atoms with Crippen LogP contribution in [0.1, 0.15) is 61.4 Å². The first kappa shape index (κ1) is 21.3. The maximum absolute atomic E-state index is 13.2. The van der Waals surface area contributed by atoms with E-state index in [1.807, 2.05) is 27.7 Å². The summed E-state index contributed by atoms with van der Waals surface area (Å²) in [5.74, 6) is -0.0692. The topological polar surface area (TPSA) is 0 Å². The molecular weight excluding hydrogens is 366 g/mol. The van der Waals surface area contributed by atoms with Gasteiger partial charge < -0.3 is 0 Å². The molecule has 0 spiro atoms. The Morgan fingerprint density at radius 2 is 1.19 bits per heavy atom. The first-order valence-electron chi connectivity index (χ1n) is 8.59. The molecule has 2 aromatic rings. The van der Waals surface area contributed by atoms with E-state index in [1.54, 1.807) is 6.07 Å². The Hall–Kier alpha value is -1.98. The largest absolute Gasteiger partial charge is 0.416 e. The van der Waals surface area contributed by atoms with E-state index in [4.69, 9.17) is 0 Å². The van der Waals surface area contributed by atoms with Gasteiger partial charge in [-0.05, 0) is 58.7 Å². The van der Waals surface area contributed by atoms with Gasteiger partial charge in [0.1, 0.15) is 0 Å². The van der Waals surface area contributed by atoms with Gasteiger partial charge >= 0.3 is 12.4 Å². The maximum atomic E-state index is 13.2. The van der Waals surface area contributed by atoms with E-state index in [1.165, 1.54) is 12.1 Å². The van der Waals surface area contributed by atoms with Crippen LogP contribution in [0.2, 0.25) is 0 Å². The molecule has 0 heterocycles. The van der Waals surface area contributed by atoms with Gasteiger partial charge in [0.2, 0.25) is 0 Å². The second kappa shape index (κ2) is 7.21. The predicted molar refractivity (Wildman–Crippen MR) is 93.7 cm³/mol. The van der Waals surface area contributed by atoms with Gasteiger partial charge in [-0.25, -0.2) is 0 Å². The van der Waals surface area contributed by atoms with Crippen molar-refractivity contribution in [3.05, 3.63) is 70.3 Å². The van der Waals surface area contributed by atoms with Crippen LogP contribution in [0.15, 0.2) is 42.5 Å². The molecule has 0 atom stereocenters. The third-order valence-electron chi connectivity index (χ3n) is 4.65. The fourth-order valence-electron chi connectivity index (χ4n) is 3.04. The van der Waals surface area contributed by atoms with Gasteiger partial charge in [-0.2, -0.15) is 26.3 Å². The third kappa shape index (κ3) is 5.27. The summed E-state index contributed by atoms with van der Waals surface area (Å²) in [6.07, 6.45) is -8.59. The minimum atomic E-state index is -4.45. The van der Waals surface area contributed by atoms with E-state index >= 15 is 0 Å². The zero-order valence-corrected chi connectivity index (χ0v) is 15.6. The molecule has 0 aliphatic heterocycles. The molecule has 0 unspecified atom stereocenters. The highest BCUT2D eigenvalue weighted by Crippen LogP contribution is 2.36. The molecule has 0 radical (unpaired) electrons. The molecule has 148 valence electrons. The Bertz CT molecular complexity index is 780. The summed E-state index contributed by atoms with van der Waals surface area (Å²) in [7, 11) is 0. The van der Waals surface area contributed by atoms with Gasteiger partial charge in [0, 0.05) is 0 Å². The van der Waals surface area contributed by atoms with Crippen molar-refractivity contribution in [3.8, 4) is 0 Å². The van der Waals surface area contributed by atoms with Gasteiger partial charge in [-0.15, -0.1) is 0 Å². The van der Waals surface area contributed by atoms with Crippen LogP contribution in [0.3, 0.4) is 0 Å². The second-order valence-electron chi connectivity index (χ2n) is 7.75. The van der Waals surface area contributed by atoms with Crippen molar-refractivity contribution in [3.63, 3.8) is 0 Å². The van der Waals surface area contributed by atoms with Gasteiger partial charge in [-0.1, -0.05) is 45.9 Å². The summed E-state index contributed by atoms with van der Waals surface area (Å²) >= 11 is 0. The molecule has 0 nitrogen and oxygen atoms in total. The van der Waals surface area contributed by atoms with Crippen molar-refractivity contribution in [2.45, 2.75) is 57.8 Å². The molecule has 0 N–H and O–H groups in total. The standard InChI is InChI=1S/C21H22F6/c1-13(2)15-9-14(10-18(11-15)21(25,26)27)12-19(3,4)16-5-7-17(8-6-16)20(22,23)24/h5-11,13H,12H2,1-4H3.